The third-order valence-electron chi connectivity index (χ3n) is 3.47. The predicted molar refractivity (Wildman–Crippen MR) is 71.7 cm³/mol. The lowest BCUT2D eigenvalue weighted by atomic mass is 10.1. The fourth-order valence-corrected chi connectivity index (χ4v) is 2.30. The zero-order valence-electron chi connectivity index (χ0n) is 11.7. The fourth-order valence-electron chi connectivity index (χ4n) is 2.30. The van der Waals surface area contributed by atoms with Crippen LogP contribution in [0.5, 0.6) is 0 Å². The molecule has 2 rings (SSSR count). The van der Waals surface area contributed by atoms with Gasteiger partial charge < -0.3 is 14.8 Å². The number of likely N-dealkylation sites (N-methyl/N-ethyl adjacent to an activating group) is 1. The van der Waals surface area contributed by atoms with Gasteiger partial charge in [0, 0.05) is 24.3 Å². The average molecular weight is 281 g/mol. The number of carboxylic acids is 1. The summed E-state index contributed by atoms with van der Waals surface area (Å²) in [5.41, 5.74) is 0.250. The number of hydrogen-bond acceptors (Lipinski definition) is 5. The van der Waals surface area contributed by atoms with E-state index in [1.807, 2.05) is 0 Å². The summed E-state index contributed by atoms with van der Waals surface area (Å²) in [6, 6.07) is 0. The van der Waals surface area contributed by atoms with Gasteiger partial charge in [-0.25, -0.2) is 4.98 Å². The summed E-state index contributed by atoms with van der Waals surface area (Å²) in [4.78, 5) is 31.9. The summed E-state index contributed by atoms with van der Waals surface area (Å²) in [5, 5.41) is 8.79. The Kier molecular flexibility index (Phi) is 4.51. The zero-order chi connectivity index (χ0) is 14.7. The highest BCUT2D eigenvalue weighted by Crippen LogP contribution is 2.18. The van der Waals surface area contributed by atoms with Crippen LogP contribution >= 0.6 is 0 Å². The fraction of sp³-hybridized carbons (Fsp3) is 0.615. The van der Waals surface area contributed by atoms with Crippen molar-refractivity contribution >= 4 is 5.97 Å². The highest BCUT2D eigenvalue weighted by atomic mass is 16.5. The van der Waals surface area contributed by atoms with Crippen molar-refractivity contribution in [1.29, 1.82) is 0 Å². The van der Waals surface area contributed by atoms with Gasteiger partial charge in [0.05, 0.1) is 13.0 Å². The van der Waals surface area contributed by atoms with Crippen LogP contribution in [-0.2, 0) is 16.0 Å². The minimum Gasteiger partial charge on any atom is -0.481 e. The largest absolute Gasteiger partial charge is 0.481 e. The molecular weight excluding hydrogens is 262 g/mol. The first kappa shape index (κ1) is 14.7. The van der Waals surface area contributed by atoms with Crippen molar-refractivity contribution in [3.05, 3.63) is 27.4 Å². The maximum atomic E-state index is 12.0. The third-order valence-corrected chi connectivity index (χ3v) is 3.47. The van der Waals surface area contributed by atoms with Crippen molar-refractivity contribution in [3.8, 4) is 0 Å². The molecule has 7 nitrogen and oxygen atoms in total. The first-order valence-corrected chi connectivity index (χ1v) is 6.66. The Morgan fingerprint density at radius 2 is 2.35 bits per heavy atom. The van der Waals surface area contributed by atoms with Crippen LogP contribution in [0.3, 0.4) is 0 Å². The van der Waals surface area contributed by atoms with Gasteiger partial charge in [-0.1, -0.05) is 6.92 Å². The highest BCUT2D eigenvalue weighted by molar-refractivity contribution is 5.70. The van der Waals surface area contributed by atoms with Crippen molar-refractivity contribution in [3.63, 3.8) is 0 Å². The first-order chi connectivity index (χ1) is 9.51. The third kappa shape index (κ3) is 3.23. The molecule has 20 heavy (non-hydrogen) atoms. The summed E-state index contributed by atoms with van der Waals surface area (Å²) in [7, 11) is 0. The van der Waals surface area contributed by atoms with Crippen LogP contribution < -0.4 is 5.56 Å². The van der Waals surface area contributed by atoms with E-state index in [0.29, 0.717) is 24.7 Å². The molecule has 7 heteroatoms. The average Bonchev–Trinajstić information content (AvgIpc) is 2.42. The number of morpholine rings is 1. The van der Waals surface area contributed by atoms with Gasteiger partial charge in [-0.2, -0.15) is 0 Å². The van der Waals surface area contributed by atoms with Crippen molar-refractivity contribution in [2.24, 2.45) is 0 Å². The molecule has 0 aliphatic carbocycles. The lowest BCUT2D eigenvalue weighted by molar-refractivity contribution is -0.136. The number of aliphatic carboxylic acids is 1. The van der Waals surface area contributed by atoms with E-state index in [2.05, 4.69) is 21.8 Å². The number of rotatable bonds is 4. The summed E-state index contributed by atoms with van der Waals surface area (Å²) in [5.74, 6) is -0.570. The number of aromatic nitrogens is 2. The molecule has 1 aromatic rings. The molecule has 1 fully saturated rings. The second-order valence-corrected chi connectivity index (χ2v) is 4.84. The van der Waals surface area contributed by atoms with Gasteiger partial charge in [0.15, 0.2) is 0 Å². The minimum absolute atomic E-state index is 0.199. The van der Waals surface area contributed by atoms with Crippen LogP contribution in [0, 0.1) is 6.92 Å². The molecule has 0 spiro atoms. The van der Waals surface area contributed by atoms with E-state index in [4.69, 9.17) is 9.84 Å². The second kappa shape index (κ2) is 6.15. The molecule has 1 aromatic heterocycles. The van der Waals surface area contributed by atoms with Crippen LogP contribution in [0.4, 0.5) is 0 Å². The van der Waals surface area contributed by atoms with Gasteiger partial charge in [-0.3, -0.25) is 14.5 Å². The van der Waals surface area contributed by atoms with Gasteiger partial charge in [0.2, 0.25) is 0 Å². The van der Waals surface area contributed by atoms with E-state index in [1.165, 1.54) is 0 Å². The number of nitrogens with one attached hydrogen (secondary N) is 1. The molecule has 2 heterocycles. The number of ether oxygens (including phenoxy) is 1. The van der Waals surface area contributed by atoms with E-state index in [9.17, 15) is 9.59 Å². The van der Waals surface area contributed by atoms with E-state index in [0.717, 1.165) is 13.1 Å². The smallest absolute Gasteiger partial charge is 0.308 e. The molecule has 110 valence electrons. The molecule has 1 saturated heterocycles. The summed E-state index contributed by atoms with van der Waals surface area (Å²) in [6.45, 7) is 6.78. The number of nitrogens with zero attached hydrogens (tertiary/aromatic N) is 2. The number of carboxylic acid groups (broad SMARTS) is 1. The van der Waals surface area contributed by atoms with E-state index >= 15 is 0 Å². The van der Waals surface area contributed by atoms with Crippen molar-refractivity contribution in [2.75, 3.05) is 26.2 Å². The van der Waals surface area contributed by atoms with Crippen molar-refractivity contribution < 1.29 is 14.6 Å². The van der Waals surface area contributed by atoms with Gasteiger partial charge >= 0.3 is 5.97 Å². The van der Waals surface area contributed by atoms with Gasteiger partial charge in [0.1, 0.15) is 11.9 Å². The Bertz CT molecular complexity index is 555. The molecule has 0 bridgehead atoms. The second-order valence-electron chi connectivity index (χ2n) is 4.84. The molecule has 1 aliphatic heterocycles. The molecule has 0 amide bonds. The summed E-state index contributed by atoms with van der Waals surface area (Å²) >= 11 is 0. The standard InChI is InChI=1S/C13H19N3O4/c1-3-16-4-5-20-10(7-16)12-14-8(2)9(6-11(17)18)13(19)15-12/h10H,3-7H2,1-2H3,(H,17,18)(H,14,15,19). The van der Waals surface area contributed by atoms with E-state index < -0.39 is 11.5 Å². The minimum atomic E-state index is -1.04. The highest BCUT2D eigenvalue weighted by Gasteiger charge is 2.24. The Hall–Kier alpha value is -1.73. The van der Waals surface area contributed by atoms with Crippen molar-refractivity contribution in [1.82, 2.24) is 14.9 Å². The maximum absolute atomic E-state index is 12.0. The molecule has 0 radical (unpaired) electrons. The number of aromatic amines is 1. The Balaban J connectivity index is 2.25. The van der Waals surface area contributed by atoms with Crippen LogP contribution in [0.15, 0.2) is 4.79 Å². The molecule has 1 atom stereocenters. The molecule has 0 aromatic carbocycles. The topological polar surface area (TPSA) is 95.5 Å². The Morgan fingerprint density at radius 3 is 2.95 bits per heavy atom. The number of H-pyrrole nitrogens is 1. The van der Waals surface area contributed by atoms with Gasteiger partial charge in [-0.05, 0) is 13.5 Å². The lowest BCUT2D eigenvalue weighted by Crippen LogP contribution is -2.39. The lowest BCUT2D eigenvalue weighted by Gasteiger charge is -2.31. The molecule has 1 aliphatic rings. The zero-order valence-corrected chi connectivity index (χ0v) is 11.7. The molecular formula is C13H19N3O4. The molecule has 0 saturated carbocycles. The van der Waals surface area contributed by atoms with E-state index in [1.54, 1.807) is 6.92 Å². The normalized spacial score (nSPS) is 20.0. The van der Waals surface area contributed by atoms with Crippen molar-refractivity contribution in [2.45, 2.75) is 26.4 Å². The Labute approximate surface area is 116 Å². The maximum Gasteiger partial charge on any atom is 0.308 e. The van der Waals surface area contributed by atoms with Crippen LogP contribution in [-0.4, -0.2) is 52.2 Å². The summed E-state index contributed by atoms with van der Waals surface area (Å²) < 4.78 is 5.64. The van der Waals surface area contributed by atoms with Gasteiger partial charge in [-0.15, -0.1) is 0 Å². The molecule has 1 unspecified atom stereocenters. The van der Waals surface area contributed by atoms with Gasteiger partial charge in [0.25, 0.3) is 5.56 Å². The number of carbonyl (C=O) groups is 1. The predicted octanol–water partition coefficient (Wildman–Crippen LogP) is 0.0986. The number of hydrogen-bond donors (Lipinski definition) is 2. The first-order valence-electron chi connectivity index (χ1n) is 6.66. The quantitative estimate of drug-likeness (QED) is 0.812. The summed E-state index contributed by atoms with van der Waals surface area (Å²) in [6.07, 6.45) is -0.588. The van der Waals surface area contributed by atoms with Crippen LogP contribution in [0.2, 0.25) is 0 Å². The monoisotopic (exact) mass is 281 g/mol. The van der Waals surface area contributed by atoms with E-state index in [-0.39, 0.29) is 18.1 Å². The SMILES string of the molecule is CCN1CCOC(c2nc(C)c(CC(=O)O)c(=O)[nH]2)C1. The number of aryl methyl sites for hydroxylation is 1. The molecule has 2 N–H and O–H groups in total. The van der Waals surface area contributed by atoms with Crippen LogP contribution in [0.1, 0.15) is 30.1 Å². The Morgan fingerprint density at radius 1 is 1.60 bits per heavy atom. The van der Waals surface area contributed by atoms with Crippen LogP contribution in [0.25, 0.3) is 0 Å².